The van der Waals surface area contributed by atoms with Crippen LogP contribution in [0.25, 0.3) is 100 Å². The maximum Gasteiger partial charge on any atom is 0.160 e. The summed E-state index contributed by atoms with van der Waals surface area (Å²) in [6.45, 7) is 0. The number of hydrogen-bond acceptors (Lipinski definition) is 3. The molecule has 56 heavy (non-hydrogen) atoms. The highest BCUT2D eigenvalue weighted by molar-refractivity contribution is 6.17. The highest BCUT2D eigenvalue weighted by Crippen LogP contribution is 2.41. The Morgan fingerprint density at radius 3 is 1.80 bits per heavy atom. The topological polar surface area (TPSA) is 48.5 Å². The fourth-order valence-electron chi connectivity index (χ4n) is 8.26. The normalized spacial score (nSPS) is 11.6. The summed E-state index contributed by atoms with van der Waals surface area (Å²) < 4.78 is 4.72. The molecule has 11 aromatic rings. The van der Waals surface area contributed by atoms with E-state index in [9.17, 15) is 0 Å². The summed E-state index contributed by atoms with van der Waals surface area (Å²) in [5, 5.41) is 3.57. The van der Waals surface area contributed by atoms with Gasteiger partial charge in [0.1, 0.15) is 0 Å². The first kappa shape index (κ1) is 31.9. The van der Waals surface area contributed by atoms with Crippen LogP contribution in [0.2, 0.25) is 0 Å². The van der Waals surface area contributed by atoms with Crippen molar-refractivity contribution in [2.24, 2.45) is 0 Å². The Labute approximate surface area is 323 Å². The Morgan fingerprint density at radius 1 is 0.357 bits per heavy atom. The summed E-state index contributed by atoms with van der Waals surface area (Å²) in [7, 11) is 0. The number of rotatable bonds is 6. The Morgan fingerprint density at radius 2 is 0.982 bits per heavy atom. The minimum Gasteiger partial charge on any atom is -0.309 e. The molecule has 4 aromatic heterocycles. The van der Waals surface area contributed by atoms with Gasteiger partial charge in [-0.2, -0.15) is 0 Å². The molecule has 4 heterocycles. The van der Waals surface area contributed by atoms with Gasteiger partial charge in [0.2, 0.25) is 0 Å². The molecule has 0 aliphatic rings. The fraction of sp³-hybridized carbons (Fsp3) is 0. The van der Waals surface area contributed by atoms with Gasteiger partial charge in [0.15, 0.2) is 5.82 Å². The van der Waals surface area contributed by atoms with Crippen molar-refractivity contribution >= 4 is 43.7 Å². The molecule has 0 saturated carbocycles. The standard InChI is InChI=1S/C51H33N5/c1-4-15-34(16-5-1)43-33-44(54-51(53-43)35-17-6-2-7-18-35)37-19-12-22-39(31-37)56-47-27-14-30-52-50(47)42-29-28-36(32-48(42)56)40-24-13-26-46-49(40)41-23-10-11-25-45(41)55(46)38-20-8-3-9-21-38/h1-33H. The predicted octanol–water partition coefficient (Wildman–Crippen LogP) is 12.7. The van der Waals surface area contributed by atoms with Crippen molar-refractivity contribution < 1.29 is 0 Å². The average Bonchev–Trinajstić information content (AvgIpc) is 3.80. The molecule has 0 atom stereocenters. The molecule has 0 spiro atoms. The second-order valence-electron chi connectivity index (χ2n) is 14.1. The van der Waals surface area contributed by atoms with E-state index in [-0.39, 0.29) is 0 Å². The summed E-state index contributed by atoms with van der Waals surface area (Å²) in [5.74, 6) is 0.695. The van der Waals surface area contributed by atoms with E-state index in [4.69, 9.17) is 15.0 Å². The first-order chi connectivity index (χ1) is 27.8. The molecular formula is C51H33N5. The molecule has 0 unspecified atom stereocenters. The Balaban J connectivity index is 1.11. The second kappa shape index (κ2) is 13.0. The molecule has 0 N–H and O–H groups in total. The van der Waals surface area contributed by atoms with Crippen LogP contribution in [0.1, 0.15) is 0 Å². The number of para-hydroxylation sites is 2. The van der Waals surface area contributed by atoms with E-state index in [2.05, 4.69) is 161 Å². The zero-order valence-electron chi connectivity index (χ0n) is 30.3. The van der Waals surface area contributed by atoms with Crippen LogP contribution >= 0.6 is 0 Å². The summed E-state index contributed by atoms with van der Waals surface area (Å²) in [4.78, 5) is 15.1. The maximum atomic E-state index is 5.14. The largest absolute Gasteiger partial charge is 0.309 e. The van der Waals surface area contributed by atoms with Crippen LogP contribution in [0, 0.1) is 0 Å². The van der Waals surface area contributed by atoms with Crippen LogP contribution in [-0.4, -0.2) is 24.1 Å². The molecule has 0 radical (unpaired) electrons. The van der Waals surface area contributed by atoms with E-state index in [1.54, 1.807) is 0 Å². The van der Waals surface area contributed by atoms with Gasteiger partial charge in [-0.25, -0.2) is 9.97 Å². The van der Waals surface area contributed by atoms with Gasteiger partial charge in [-0.1, -0.05) is 127 Å². The SMILES string of the molecule is c1ccc(-c2cc(-c3cccc(-n4c5cc(-c6cccc7c6c6ccccc6n7-c6ccccc6)ccc5c5ncccc54)c3)nc(-c3ccccc3)n2)cc1. The van der Waals surface area contributed by atoms with Crippen LogP contribution in [0.3, 0.4) is 0 Å². The molecule has 0 bridgehead atoms. The van der Waals surface area contributed by atoms with E-state index in [0.29, 0.717) is 5.82 Å². The van der Waals surface area contributed by atoms with Crippen LogP contribution in [-0.2, 0) is 0 Å². The van der Waals surface area contributed by atoms with Crippen molar-refractivity contribution in [3.05, 3.63) is 200 Å². The Bertz CT molecular complexity index is 3180. The number of benzene rings is 7. The molecule has 5 nitrogen and oxygen atoms in total. The van der Waals surface area contributed by atoms with Gasteiger partial charge >= 0.3 is 0 Å². The van der Waals surface area contributed by atoms with Gasteiger partial charge in [0.25, 0.3) is 0 Å². The van der Waals surface area contributed by atoms with Crippen LogP contribution < -0.4 is 0 Å². The van der Waals surface area contributed by atoms with Crippen molar-refractivity contribution in [3.8, 4) is 56.4 Å². The number of pyridine rings is 1. The lowest BCUT2D eigenvalue weighted by Crippen LogP contribution is -1.98. The zero-order chi connectivity index (χ0) is 37.0. The van der Waals surface area contributed by atoms with E-state index >= 15 is 0 Å². The molecular weight excluding hydrogens is 683 g/mol. The number of aromatic nitrogens is 5. The average molecular weight is 716 g/mol. The van der Waals surface area contributed by atoms with Crippen LogP contribution in [0.15, 0.2) is 200 Å². The lowest BCUT2D eigenvalue weighted by Gasteiger charge is -2.13. The first-order valence-corrected chi connectivity index (χ1v) is 18.9. The van der Waals surface area contributed by atoms with Gasteiger partial charge in [-0.15, -0.1) is 0 Å². The van der Waals surface area contributed by atoms with E-state index < -0.39 is 0 Å². The molecule has 0 aliphatic carbocycles. The van der Waals surface area contributed by atoms with Crippen molar-refractivity contribution in [2.75, 3.05) is 0 Å². The minimum atomic E-state index is 0.695. The molecule has 0 fully saturated rings. The van der Waals surface area contributed by atoms with Gasteiger partial charge in [-0.05, 0) is 77.9 Å². The third-order valence-corrected chi connectivity index (χ3v) is 10.8. The smallest absolute Gasteiger partial charge is 0.160 e. The lowest BCUT2D eigenvalue weighted by molar-refractivity contribution is 1.16. The summed E-state index contributed by atoms with van der Waals surface area (Å²) in [6, 6.07) is 68.3. The van der Waals surface area contributed by atoms with Gasteiger partial charge < -0.3 is 9.13 Å². The highest BCUT2D eigenvalue weighted by atomic mass is 15.0. The predicted molar refractivity (Wildman–Crippen MR) is 230 cm³/mol. The van der Waals surface area contributed by atoms with Crippen LogP contribution in [0.5, 0.6) is 0 Å². The third-order valence-electron chi connectivity index (χ3n) is 10.8. The maximum absolute atomic E-state index is 5.14. The summed E-state index contributed by atoms with van der Waals surface area (Å²) in [6.07, 6.45) is 1.88. The number of fused-ring (bicyclic) bond motifs is 6. The van der Waals surface area contributed by atoms with Gasteiger partial charge in [-0.3, -0.25) is 4.98 Å². The quantitative estimate of drug-likeness (QED) is 0.172. The van der Waals surface area contributed by atoms with Crippen molar-refractivity contribution in [3.63, 3.8) is 0 Å². The molecule has 0 saturated heterocycles. The molecule has 5 heteroatoms. The van der Waals surface area contributed by atoms with E-state index in [1.807, 2.05) is 48.7 Å². The van der Waals surface area contributed by atoms with E-state index in [1.165, 1.54) is 27.4 Å². The van der Waals surface area contributed by atoms with Gasteiger partial charge in [0, 0.05) is 50.4 Å². The number of nitrogens with zero attached hydrogens (tertiary/aromatic N) is 5. The van der Waals surface area contributed by atoms with Gasteiger partial charge in [0.05, 0.1) is 39.0 Å². The monoisotopic (exact) mass is 715 g/mol. The molecule has 262 valence electrons. The Kier molecular flexibility index (Phi) is 7.42. The fourth-order valence-corrected chi connectivity index (χ4v) is 8.26. The molecule has 0 aliphatic heterocycles. The second-order valence-corrected chi connectivity index (χ2v) is 14.1. The van der Waals surface area contributed by atoms with Crippen LogP contribution in [0.4, 0.5) is 0 Å². The minimum absolute atomic E-state index is 0.695. The first-order valence-electron chi connectivity index (χ1n) is 18.9. The van der Waals surface area contributed by atoms with Crippen molar-refractivity contribution in [2.45, 2.75) is 0 Å². The molecule has 0 amide bonds. The third kappa shape index (κ3) is 5.21. The molecule has 7 aromatic carbocycles. The van der Waals surface area contributed by atoms with Crippen molar-refractivity contribution in [1.29, 1.82) is 0 Å². The summed E-state index contributed by atoms with van der Waals surface area (Å²) in [5.41, 5.74) is 14.8. The molecule has 11 rings (SSSR count). The van der Waals surface area contributed by atoms with Crippen molar-refractivity contribution in [1.82, 2.24) is 24.1 Å². The van der Waals surface area contributed by atoms with E-state index in [0.717, 1.165) is 67.0 Å². The lowest BCUT2D eigenvalue weighted by atomic mass is 9.98. The highest BCUT2D eigenvalue weighted by Gasteiger charge is 2.19. The zero-order valence-corrected chi connectivity index (χ0v) is 30.3. The summed E-state index contributed by atoms with van der Waals surface area (Å²) >= 11 is 0. The number of hydrogen-bond donors (Lipinski definition) is 0. The Hall–Kier alpha value is -7.63.